The lowest BCUT2D eigenvalue weighted by atomic mass is 10.1. The number of methoxy groups -OCH3 is 1. The fourth-order valence-electron chi connectivity index (χ4n) is 2.90. The molecule has 0 saturated carbocycles. The first-order valence-electron chi connectivity index (χ1n) is 8.77. The van der Waals surface area contributed by atoms with Crippen molar-refractivity contribution in [2.45, 2.75) is 13.3 Å². The van der Waals surface area contributed by atoms with E-state index in [9.17, 15) is 23.2 Å². The van der Waals surface area contributed by atoms with E-state index in [0.29, 0.717) is 12.0 Å². The number of halogens is 2. The molecular weight excluding hydrogens is 382 g/mol. The Labute approximate surface area is 165 Å². The predicted octanol–water partition coefficient (Wildman–Crippen LogP) is 2.97. The normalized spacial score (nSPS) is 13.5. The number of ether oxygens (including phenoxy) is 1. The third-order valence-electron chi connectivity index (χ3n) is 4.54. The first-order chi connectivity index (χ1) is 13.8. The molecule has 0 bridgehead atoms. The molecule has 1 N–H and O–H groups in total. The van der Waals surface area contributed by atoms with E-state index >= 15 is 0 Å². The highest BCUT2D eigenvalue weighted by atomic mass is 19.1. The zero-order chi connectivity index (χ0) is 21.1. The third kappa shape index (κ3) is 4.31. The Balaban J connectivity index is 1.67. The van der Waals surface area contributed by atoms with Crippen LogP contribution in [0.25, 0.3) is 0 Å². The van der Waals surface area contributed by atoms with Gasteiger partial charge in [-0.25, -0.2) is 13.6 Å². The van der Waals surface area contributed by atoms with Crippen molar-refractivity contribution in [3.8, 4) is 0 Å². The highest BCUT2D eigenvalue weighted by molar-refractivity contribution is 6.17. The molecule has 150 valence electrons. The van der Waals surface area contributed by atoms with Crippen molar-refractivity contribution in [2.75, 3.05) is 19.0 Å². The zero-order valence-corrected chi connectivity index (χ0v) is 15.8. The van der Waals surface area contributed by atoms with Gasteiger partial charge in [0.25, 0.3) is 11.8 Å². The molecule has 1 aliphatic heterocycles. The van der Waals surface area contributed by atoms with Crippen LogP contribution in [0.5, 0.6) is 0 Å². The number of rotatable bonds is 6. The van der Waals surface area contributed by atoms with Crippen LogP contribution in [0, 0.1) is 18.6 Å². The Morgan fingerprint density at radius 2 is 1.83 bits per heavy atom. The van der Waals surface area contributed by atoms with Crippen molar-refractivity contribution in [1.29, 1.82) is 0 Å². The number of hydrogen-bond donors (Lipinski definition) is 1. The van der Waals surface area contributed by atoms with Gasteiger partial charge in [0.1, 0.15) is 17.3 Å². The summed E-state index contributed by atoms with van der Waals surface area (Å²) in [6.07, 6.45) is 1.42. The van der Waals surface area contributed by atoms with E-state index in [1.165, 1.54) is 14.0 Å². The topological polar surface area (TPSA) is 75.7 Å². The van der Waals surface area contributed by atoms with Crippen LogP contribution in [0.3, 0.4) is 0 Å². The lowest BCUT2D eigenvalue weighted by Crippen LogP contribution is -2.34. The number of anilines is 1. The molecule has 2 aromatic rings. The standard InChI is InChI=1S/C21H18F2N2O4/c1-12-16(22)9-15(10-17(12)23)24-18-11-19(26)25(20(18)27)7-6-13-4-3-5-14(8-13)21(28)29-2/h3-5,8-11,24H,6-7H2,1-2H3. The number of esters is 1. The zero-order valence-electron chi connectivity index (χ0n) is 15.8. The second-order valence-corrected chi connectivity index (χ2v) is 6.48. The van der Waals surface area contributed by atoms with Crippen molar-refractivity contribution in [3.05, 3.63) is 76.5 Å². The fraction of sp³-hybridized carbons (Fsp3) is 0.190. The molecule has 1 heterocycles. The summed E-state index contributed by atoms with van der Waals surface area (Å²) in [5, 5.41) is 2.60. The van der Waals surface area contributed by atoms with E-state index in [0.717, 1.165) is 28.7 Å². The van der Waals surface area contributed by atoms with Crippen LogP contribution in [0.4, 0.5) is 14.5 Å². The molecule has 0 radical (unpaired) electrons. The van der Waals surface area contributed by atoms with E-state index in [4.69, 9.17) is 0 Å². The van der Waals surface area contributed by atoms with Gasteiger partial charge in [-0.3, -0.25) is 14.5 Å². The van der Waals surface area contributed by atoms with Gasteiger partial charge in [-0.2, -0.15) is 0 Å². The Morgan fingerprint density at radius 3 is 2.48 bits per heavy atom. The average molecular weight is 400 g/mol. The quantitative estimate of drug-likeness (QED) is 0.596. The number of carbonyl (C=O) groups is 3. The molecule has 0 atom stereocenters. The minimum Gasteiger partial charge on any atom is -0.465 e. The summed E-state index contributed by atoms with van der Waals surface area (Å²) in [7, 11) is 1.28. The molecule has 6 nitrogen and oxygen atoms in total. The Bertz CT molecular complexity index is 1010. The van der Waals surface area contributed by atoms with E-state index in [2.05, 4.69) is 10.1 Å². The van der Waals surface area contributed by atoms with Gasteiger partial charge in [0, 0.05) is 23.9 Å². The first-order valence-corrected chi connectivity index (χ1v) is 8.77. The monoisotopic (exact) mass is 400 g/mol. The van der Waals surface area contributed by atoms with Gasteiger partial charge >= 0.3 is 5.97 Å². The summed E-state index contributed by atoms with van der Waals surface area (Å²) >= 11 is 0. The Hall–Kier alpha value is -3.55. The van der Waals surface area contributed by atoms with Gasteiger partial charge in [-0.1, -0.05) is 12.1 Å². The van der Waals surface area contributed by atoms with E-state index in [-0.39, 0.29) is 23.5 Å². The van der Waals surface area contributed by atoms with E-state index < -0.39 is 29.4 Å². The van der Waals surface area contributed by atoms with Crippen LogP contribution in [0.1, 0.15) is 21.5 Å². The SMILES string of the molecule is COC(=O)c1cccc(CCN2C(=O)C=C(Nc3cc(F)c(C)c(F)c3)C2=O)c1. The van der Waals surface area contributed by atoms with Crippen LogP contribution in [0.2, 0.25) is 0 Å². The van der Waals surface area contributed by atoms with Gasteiger partial charge in [0.2, 0.25) is 0 Å². The number of carbonyl (C=O) groups excluding carboxylic acids is 3. The van der Waals surface area contributed by atoms with Gasteiger partial charge in [0.05, 0.1) is 12.7 Å². The maximum atomic E-state index is 13.7. The Kier molecular flexibility index (Phi) is 5.72. The van der Waals surface area contributed by atoms with Crippen molar-refractivity contribution in [2.24, 2.45) is 0 Å². The predicted molar refractivity (Wildman–Crippen MR) is 101 cm³/mol. The number of hydrogen-bond acceptors (Lipinski definition) is 5. The molecule has 0 aromatic heterocycles. The fourth-order valence-corrected chi connectivity index (χ4v) is 2.90. The largest absolute Gasteiger partial charge is 0.465 e. The maximum Gasteiger partial charge on any atom is 0.337 e. The molecule has 2 amide bonds. The van der Waals surface area contributed by atoms with Gasteiger partial charge in [0.15, 0.2) is 0 Å². The molecule has 29 heavy (non-hydrogen) atoms. The highest BCUT2D eigenvalue weighted by Gasteiger charge is 2.31. The number of nitrogens with one attached hydrogen (secondary N) is 1. The van der Waals surface area contributed by atoms with Crippen LogP contribution in [-0.4, -0.2) is 36.3 Å². The second kappa shape index (κ2) is 8.22. The molecule has 0 saturated heterocycles. The summed E-state index contributed by atoms with van der Waals surface area (Å²) in [5.74, 6) is -3.12. The first kappa shape index (κ1) is 20.2. The number of imide groups is 1. The van der Waals surface area contributed by atoms with E-state index in [1.807, 2.05) is 0 Å². The minimum absolute atomic E-state index is 0.0330. The molecule has 0 spiro atoms. The number of amides is 2. The lowest BCUT2D eigenvalue weighted by Gasteiger charge is -2.15. The number of nitrogens with zero attached hydrogens (tertiary/aromatic N) is 1. The van der Waals surface area contributed by atoms with Crippen molar-refractivity contribution in [1.82, 2.24) is 4.90 Å². The smallest absolute Gasteiger partial charge is 0.337 e. The van der Waals surface area contributed by atoms with Crippen LogP contribution in [0.15, 0.2) is 48.2 Å². The van der Waals surface area contributed by atoms with Crippen molar-refractivity contribution < 1.29 is 27.9 Å². The summed E-state index contributed by atoms with van der Waals surface area (Å²) < 4.78 is 32.1. The molecule has 8 heteroatoms. The van der Waals surface area contributed by atoms with Gasteiger partial charge in [-0.05, 0) is 43.2 Å². The van der Waals surface area contributed by atoms with Crippen LogP contribution < -0.4 is 5.32 Å². The third-order valence-corrected chi connectivity index (χ3v) is 4.54. The van der Waals surface area contributed by atoms with Gasteiger partial charge in [-0.15, -0.1) is 0 Å². The summed E-state index contributed by atoms with van der Waals surface area (Å²) in [4.78, 5) is 37.3. The maximum absolute atomic E-state index is 13.7. The average Bonchev–Trinajstić information content (AvgIpc) is 2.96. The van der Waals surface area contributed by atoms with Crippen molar-refractivity contribution >= 4 is 23.5 Å². The summed E-state index contributed by atoms with van der Waals surface area (Å²) in [6.45, 7) is 1.38. The molecule has 0 unspecified atom stereocenters. The molecule has 2 aromatic carbocycles. The molecule has 0 fully saturated rings. The minimum atomic E-state index is -0.757. The lowest BCUT2D eigenvalue weighted by molar-refractivity contribution is -0.137. The molecule has 0 aliphatic carbocycles. The Morgan fingerprint density at radius 1 is 1.14 bits per heavy atom. The van der Waals surface area contributed by atoms with Crippen LogP contribution in [-0.2, 0) is 20.7 Å². The molecule has 3 rings (SSSR count). The summed E-state index contributed by atoms with van der Waals surface area (Å²) in [5.41, 5.74) is 0.950. The summed E-state index contributed by atoms with van der Waals surface area (Å²) in [6, 6.07) is 8.78. The highest BCUT2D eigenvalue weighted by Crippen LogP contribution is 2.22. The number of benzene rings is 2. The second-order valence-electron chi connectivity index (χ2n) is 6.48. The molecular formula is C21H18F2N2O4. The van der Waals surface area contributed by atoms with Crippen LogP contribution >= 0.6 is 0 Å². The molecule has 1 aliphatic rings. The van der Waals surface area contributed by atoms with E-state index in [1.54, 1.807) is 24.3 Å². The van der Waals surface area contributed by atoms with Gasteiger partial charge < -0.3 is 10.1 Å². The van der Waals surface area contributed by atoms with Crippen molar-refractivity contribution in [3.63, 3.8) is 0 Å².